The molecule has 1 N–H and O–H groups in total. The van der Waals surface area contributed by atoms with Gasteiger partial charge in [-0.25, -0.2) is 9.78 Å². The molecule has 32 heavy (non-hydrogen) atoms. The molecule has 0 spiro atoms. The Bertz CT molecular complexity index is 1270. The third-order valence-electron chi connectivity index (χ3n) is 4.57. The molecule has 1 aromatic heterocycles. The number of carboxylic acids is 1. The van der Waals surface area contributed by atoms with E-state index in [2.05, 4.69) is 41.9 Å². The fourth-order valence-corrected chi connectivity index (χ4v) is 3.85. The predicted octanol–water partition coefficient (Wildman–Crippen LogP) is 4.79. The number of halogens is 2. The Hall–Kier alpha value is -2.72. The topological polar surface area (TPSA) is 103 Å². The van der Waals surface area contributed by atoms with Gasteiger partial charge in [-0.1, -0.05) is 29.8 Å². The highest BCUT2D eigenvalue weighted by molar-refractivity contribution is 9.10. The lowest BCUT2D eigenvalue weighted by molar-refractivity contribution is -0.144. The summed E-state index contributed by atoms with van der Waals surface area (Å²) < 4.78 is 13.4. The summed E-state index contributed by atoms with van der Waals surface area (Å²) in [5, 5.41) is 14.0. The molecule has 0 bridgehead atoms. The summed E-state index contributed by atoms with van der Waals surface area (Å²) in [6.07, 6.45) is 0.450. The van der Waals surface area contributed by atoms with E-state index in [0.29, 0.717) is 32.5 Å². The zero-order valence-electron chi connectivity index (χ0n) is 17.8. The van der Waals surface area contributed by atoms with Crippen molar-refractivity contribution in [2.45, 2.75) is 32.8 Å². The van der Waals surface area contributed by atoms with Crippen LogP contribution in [0.5, 0.6) is 11.5 Å². The largest absolute Gasteiger partial charge is 0.493 e. The van der Waals surface area contributed by atoms with E-state index in [1.165, 1.54) is 24.9 Å². The van der Waals surface area contributed by atoms with E-state index in [9.17, 15) is 9.59 Å². The van der Waals surface area contributed by atoms with Crippen LogP contribution in [0.4, 0.5) is 0 Å². The minimum atomic E-state index is -1.10. The van der Waals surface area contributed by atoms with E-state index in [1.807, 2.05) is 19.9 Å². The van der Waals surface area contributed by atoms with E-state index >= 15 is 0 Å². The van der Waals surface area contributed by atoms with E-state index < -0.39 is 12.1 Å². The Morgan fingerprint density at radius 1 is 1.22 bits per heavy atom. The number of aromatic nitrogens is 2. The number of fused-ring (bicyclic) bond motifs is 1. The molecule has 0 aliphatic carbocycles. The number of carboxylic acid groups (broad SMARTS) is 1. The molecule has 0 unspecified atom stereocenters. The number of rotatable bonds is 7. The van der Waals surface area contributed by atoms with Gasteiger partial charge in [-0.3, -0.25) is 4.79 Å². The number of hydrogen-bond acceptors (Lipinski definition) is 6. The Morgan fingerprint density at radius 2 is 1.94 bits per heavy atom. The molecule has 0 aliphatic rings. The molecule has 0 aliphatic heterocycles. The fraction of sp³-hybridized carbons (Fsp3) is 0.273. The average Bonchev–Trinajstić information content (AvgIpc) is 2.74. The maximum Gasteiger partial charge on any atom is 0.344 e. The van der Waals surface area contributed by atoms with Crippen molar-refractivity contribution in [3.63, 3.8) is 0 Å². The molecule has 2 aromatic carbocycles. The lowest BCUT2D eigenvalue weighted by atomic mass is 10.2. The second-order valence-electron chi connectivity index (χ2n) is 7.28. The van der Waals surface area contributed by atoms with Crippen molar-refractivity contribution in [3.8, 4) is 11.5 Å². The van der Waals surface area contributed by atoms with Crippen molar-refractivity contribution in [2.75, 3.05) is 7.11 Å². The van der Waals surface area contributed by atoms with Crippen molar-refractivity contribution in [1.82, 2.24) is 9.66 Å². The molecule has 3 aromatic rings. The molecule has 0 saturated heterocycles. The summed E-state index contributed by atoms with van der Waals surface area (Å²) in [6.45, 7) is 5.30. The lowest BCUT2D eigenvalue weighted by Gasteiger charge is -2.16. The highest BCUT2D eigenvalue weighted by Crippen LogP contribution is 2.37. The number of methoxy groups -OCH3 is 1. The van der Waals surface area contributed by atoms with Gasteiger partial charge in [-0.2, -0.15) is 9.78 Å². The van der Waals surface area contributed by atoms with E-state index in [-0.39, 0.29) is 17.2 Å². The Labute approximate surface area is 201 Å². The van der Waals surface area contributed by atoms with Crippen molar-refractivity contribution < 1.29 is 19.4 Å². The highest BCUT2D eigenvalue weighted by Gasteiger charge is 2.19. The molecule has 0 amide bonds. The van der Waals surface area contributed by atoms with Gasteiger partial charge in [-0.15, -0.1) is 0 Å². The van der Waals surface area contributed by atoms with Crippen LogP contribution < -0.4 is 15.0 Å². The average molecular weight is 567 g/mol. The molecule has 1 atom stereocenters. The summed E-state index contributed by atoms with van der Waals surface area (Å²) in [4.78, 5) is 28.9. The van der Waals surface area contributed by atoms with Crippen molar-refractivity contribution in [1.29, 1.82) is 0 Å². The summed E-state index contributed by atoms with van der Waals surface area (Å²) in [5.74, 6) is -0.0202. The molecular formula is C22H21Br2N3O5. The fourth-order valence-electron chi connectivity index (χ4n) is 2.93. The summed E-state index contributed by atoms with van der Waals surface area (Å²) in [5.41, 5.74) is 0.935. The van der Waals surface area contributed by atoms with Crippen molar-refractivity contribution in [3.05, 3.63) is 61.0 Å². The zero-order chi connectivity index (χ0) is 23.6. The van der Waals surface area contributed by atoms with Crippen LogP contribution in [0, 0.1) is 0 Å². The van der Waals surface area contributed by atoms with Crippen molar-refractivity contribution in [2.24, 2.45) is 5.10 Å². The first-order valence-corrected chi connectivity index (χ1v) is 11.2. The van der Waals surface area contributed by atoms with Crippen LogP contribution in [0.3, 0.4) is 0 Å². The van der Waals surface area contributed by atoms with E-state index in [4.69, 9.17) is 14.6 Å². The predicted molar refractivity (Wildman–Crippen MR) is 129 cm³/mol. The third-order valence-corrected chi connectivity index (χ3v) is 5.65. The van der Waals surface area contributed by atoms with Crippen LogP contribution in [0.2, 0.25) is 0 Å². The van der Waals surface area contributed by atoms with Gasteiger partial charge in [-0.05, 0) is 58.7 Å². The summed E-state index contributed by atoms with van der Waals surface area (Å²) in [7, 11) is 1.45. The maximum atomic E-state index is 13.1. The molecule has 168 valence electrons. The normalized spacial score (nSPS) is 12.5. The highest BCUT2D eigenvalue weighted by atomic mass is 79.9. The molecule has 3 rings (SSSR count). The van der Waals surface area contributed by atoms with Crippen LogP contribution in [0.25, 0.3) is 10.9 Å². The summed E-state index contributed by atoms with van der Waals surface area (Å²) >= 11 is 6.78. The van der Waals surface area contributed by atoms with Gasteiger partial charge >= 0.3 is 5.97 Å². The minimum absolute atomic E-state index is 0.0394. The second-order valence-corrected chi connectivity index (χ2v) is 9.05. The van der Waals surface area contributed by atoms with Crippen LogP contribution in [-0.4, -0.2) is 40.2 Å². The Kier molecular flexibility index (Phi) is 7.35. The number of carbonyl (C=O) groups is 1. The molecule has 8 nitrogen and oxygen atoms in total. The number of nitrogens with zero attached hydrogens (tertiary/aromatic N) is 3. The first-order valence-electron chi connectivity index (χ1n) is 9.66. The first kappa shape index (κ1) is 23.9. The van der Waals surface area contributed by atoms with Crippen molar-refractivity contribution >= 4 is 54.9 Å². The van der Waals surface area contributed by atoms with Gasteiger partial charge < -0.3 is 14.6 Å². The van der Waals surface area contributed by atoms with Gasteiger partial charge in [0.25, 0.3) is 5.56 Å². The van der Waals surface area contributed by atoms with Gasteiger partial charge in [0.15, 0.2) is 17.6 Å². The number of benzene rings is 2. The van der Waals surface area contributed by atoms with Crippen LogP contribution in [0.1, 0.15) is 38.1 Å². The zero-order valence-corrected chi connectivity index (χ0v) is 21.0. The lowest BCUT2D eigenvalue weighted by Crippen LogP contribution is -2.23. The Balaban J connectivity index is 2.08. The minimum Gasteiger partial charge on any atom is -0.493 e. The monoisotopic (exact) mass is 565 g/mol. The quantitative estimate of drug-likeness (QED) is 0.412. The van der Waals surface area contributed by atoms with Gasteiger partial charge in [0.05, 0.1) is 28.7 Å². The van der Waals surface area contributed by atoms with Gasteiger partial charge in [0.2, 0.25) is 0 Å². The number of ether oxygens (including phenoxy) is 2. The van der Waals surface area contributed by atoms with E-state index in [0.717, 1.165) is 4.47 Å². The second kappa shape index (κ2) is 9.83. The van der Waals surface area contributed by atoms with Gasteiger partial charge in [0, 0.05) is 10.4 Å². The molecule has 0 fully saturated rings. The maximum absolute atomic E-state index is 13.1. The standard InChI is InChI=1S/C22H21Br2N3O5/c1-11(2)20-26-17-6-5-14(23)9-15(17)21(28)27(20)25-10-13-7-16(24)19(18(8-13)31-4)32-12(3)22(29)30/h5-12H,1-4H3,(H,29,30)/t12-/m1/s1. The molecule has 0 radical (unpaired) electrons. The first-order chi connectivity index (χ1) is 15.1. The van der Waals surface area contributed by atoms with Crippen LogP contribution in [0.15, 0.2) is 49.2 Å². The number of hydrogen-bond donors (Lipinski definition) is 1. The summed E-state index contributed by atoms with van der Waals surface area (Å²) in [6, 6.07) is 8.69. The molecule has 10 heteroatoms. The molecule has 0 saturated carbocycles. The molecule has 1 heterocycles. The van der Waals surface area contributed by atoms with E-state index in [1.54, 1.807) is 24.3 Å². The Morgan fingerprint density at radius 3 is 2.56 bits per heavy atom. The smallest absolute Gasteiger partial charge is 0.344 e. The molecular weight excluding hydrogens is 546 g/mol. The van der Waals surface area contributed by atoms with Crippen LogP contribution >= 0.6 is 31.9 Å². The number of aliphatic carboxylic acids is 1. The third kappa shape index (κ3) is 5.02. The van der Waals surface area contributed by atoms with Gasteiger partial charge in [0.1, 0.15) is 5.82 Å². The van der Waals surface area contributed by atoms with Crippen LogP contribution in [-0.2, 0) is 4.79 Å². The SMILES string of the molecule is COc1cc(C=Nn2c(C(C)C)nc3ccc(Br)cc3c2=O)cc(Br)c1O[C@H](C)C(=O)O.